The van der Waals surface area contributed by atoms with Crippen LogP contribution in [0.5, 0.6) is 0 Å². The molecule has 1 aliphatic rings. The summed E-state index contributed by atoms with van der Waals surface area (Å²) in [6.45, 7) is 8.94. The van der Waals surface area contributed by atoms with E-state index in [1.54, 1.807) is 0 Å². The van der Waals surface area contributed by atoms with Crippen LogP contribution in [0, 0.1) is 6.92 Å². The fourth-order valence-corrected chi connectivity index (χ4v) is 3.57. The van der Waals surface area contributed by atoms with Crippen LogP contribution in [0.15, 0.2) is 45.8 Å². The fourth-order valence-electron chi connectivity index (χ4n) is 3.57. The van der Waals surface area contributed by atoms with Gasteiger partial charge in [0.15, 0.2) is 5.96 Å². The van der Waals surface area contributed by atoms with Gasteiger partial charge in [-0.1, -0.05) is 24.3 Å². The maximum atomic E-state index is 12.6. The Hall–Kier alpha value is -2.76. The molecule has 2 aromatic rings. The lowest BCUT2D eigenvalue weighted by Gasteiger charge is -2.28. The Kier molecular flexibility index (Phi) is 7.33. The van der Waals surface area contributed by atoms with Gasteiger partial charge in [-0.2, -0.15) is 0 Å². The summed E-state index contributed by atoms with van der Waals surface area (Å²) >= 11 is 0. The molecule has 0 bridgehead atoms. The minimum atomic E-state index is 0.0246. The van der Waals surface area contributed by atoms with Crippen LogP contribution >= 0.6 is 0 Å². The molecule has 0 aliphatic carbocycles. The second kappa shape index (κ2) is 10.1. The Morgan fingerprint density at radius 1 is 1.24 bits per heavy atom. The van der Waals surface area contributed by atoms with Crippen LogP contribution in [0.3, 0.4) is 0 Å². The van der Waals surface area contributed by atoms with E-state index < -0.39 is 0 Å². The van der Waals surface area contributed by atoms with Crippen molar-refractivity contribution < 1.29 is 9.21 Å². The molecule has 156 valence electrons. The molecule has 1 atom stereocenters. The summed E-state index contributed by atoms with van der Waals surface area (Å²) in [6.07, 6.45) is 2.21. The molecule has 1 amide bonds. The molecule has 6 heteroatoms. The van der Waals surface area contributed by atoms with Crippen molar-refractivity contribution >= 4 is 11.9 Å². The number of furan rings is 1. The minimum Gasteiger partial charge on any atom is -0.464 e. The van der Waals surface area contributed by atoms with Gasteiger partial charge in [0, 0.05) is 32.6 Å². The summed E-state index contributed by atoms with van der Waals surface area (Å²) < 4.78 is 5.68. The van der Waals surface area contributed by atoms with E-state index in [0.29, 0.717) is 13.0 Å². The number of hydrogen-bond acceptors (Lipinski definition) is 3. The first-order chi connectivity index (χ1) is 14.1. The fraction of sp³-hybridized carbons (Fsp3) is 0.478. The number of fused-ring (bicyclic) bond motifs is 1. The van der Waals surface area contributed by atoms with Crippen molar-refractivity contribution in [3.63, 3.8) is 0 Å². The highest BCUT2D eigenvalue weighted by Gasteiger charge is 2.19. The van der Waals surface area contributed by atoms with Gasteiger partial charge >= 0.3 is 0 Å². The molecule has 1 aromatic heterocycles. The lowest BCUT2D eigenvalue weighted by Crippen LogP contribution is -2.38. The molecule has 0 spiro atoms. The van der Waals surface area contributed by atoms with Crippen molar-refractivity contribution in [3.05, 3.63) is 59.0 Å². The number of aliphatic imine (C=N–C) groups is 1. The van der Waals surface area contributed by atoms with E-state index in [1.807, 2.05) is 43.9 Å². The van der Waals surface area contributed by atoms with E-state index in [0.717, 1.165) is 50.0 Å². The van der Waals surface area contributed by atoms with Gasteiger partial charge in [-0.15, -0.1) is 0 Å². The zero-order valence-electron chi connectivity index (χ0n) is 17.7. The molecule has 3 rings (SSSR count). The smallest absolute Gasteiger partial charge is 0.222 e. The summed E-state index contributed by atoms with van der Waals surface area (Å²) in [4.78, 5) is 19.2. The number of carbonyl (C=O) groups is 1. The van der Waals surface area contributed by atoms with Crippen molar-refractivity contribution in [2.45, 2.75) is 52.6 Å². The average molecular weight is 397 g/mol. The summed E-state index contributed by atoms with van der Waals surface area (Å²) in [6, 6.07) is 12.4. The minimum absolute atomic E-state index is 0.0246. The molecule has 1 aromatic carbocycles. The van der Waals surface area contributed by atoms with E-state index in [9.17, 15) is 4.79 Å². The SMILES string of the molecule is CCNC(=NCCCC(=O)N1CCc2ccccc2C1)NC(C)c1ccc(C)o1. The highest BCUT2D eigenvalue weighted by Crippen LogP contribution is 2.19. The zero-order chi connectivity index (χ0) is 20.6. The molecule has 0 fully saturated rings. The maximum absolute atomic E-state index is 12.6. The monoisotopic (exact) mass is 396 g/mol. The number of carbonyl (C=O) groups excluding carboxylic acids is 1. The Morgan fingerprint density at radius 2 is 2.03 bits per heavy atom. The van der Waals surface area contributed by atoms with Gasteiger partial charge < -0.3 is 20.0 Å². The lowest BCUT2D eigenvalue weighted by molar-refractivity contribution is -0.132. The summed E-state index contributed by atoms with van der Waals surface area (Å²) in [5.41, 5.74) is 2.63. The van der Waals surface area contributed by atoms with Crippen LogP contribution in [0.2, 0.25) is 0 Å². The van der Waals surface area contributed by atoms with Crippen molar-refractivity contribution in [2.75, 3.05) is 19.6 Å². The number of guanidine groups is 1. The van der Waals surface area contributed by atoms with Gasteiger partial charge in [0.05, 0.1) is 6.04 Å². The number of nitrogens with zero attached hydrogens (tertiary/aromatic N) is 2. The van der Waals surface area contributed by atoms with Crippen molar-refractivity contribution in [1.82, 2.24) is 15.5 Å². The van der Waals surface area contributed by atoms with E-state index >= 15 is 0 Å². The largest absolute Gasteiger partial charge is 0.464 e. The second-order valence-electron chi connectivity index (χ2n) is 7.51. The Labute approximate surface area is 173 Å². The Bertz CT molecular complexity index is 843. The number of aryl methyl sites for hydroxylation is 1. The zero-order valence-corrected chi connectivity index (χ0v) is 17.7. The number of benzene rings is 1. The molecular formula is C23H32N4O2. The van der Waals surface area contributed by atoms with Crippen LogP contribution in [-0.4, -0.2) is 36.4 Å². The second-order valence-corrected chi connectivity index (χ2v) is 7.51. The normalized spacial score (nSPS) is 15.0. The van der Waals surface area contributed by atoms with Gasteiger partial charge in [0.1, 0.15) is 11.5 Å². The molecule has 0 saturated carbocycles. The van der Waals surface area contributed by atoms with Gasteiger partial charge in [0.2, 0.25) is 5.91 Å². The molecule has 2 N–H and O–H groups in total. The van der Waals surface area contributed by atoms with E-state index in [4.69, 9.17) is 4.42 Å². The topological polar surface area (TPSA) is 69.9 Å². The molecule has 6 nitrogen and oxygen atoms in total. The first-order valence-electron chi connectivity index (χ1n) is 10.5. The third kappa shape index (κ3) is 5.86. The van der Waals surface area contributed by atoms with Crippen LogP contribution < -0.4 is 10.6 Å². The molecule has 0 radical (unpaired) electrons. The van der Waals surface area contributed by atoms with Crippen LogP contribution in [0.4, 0.5) is 0 Å². The van der Waals surface area contributed by atoms with Gasteiger partial charge in [-0.05, 0) is 56.9 Å². The molecule has 1 aliphatic heterocycles. The highest BCUT2D eigenvalue weighted by molar-refractivity contribution is 5.80. The molecule has 1 unspecified atom stereocenters. The number of hydrogen-bond donors (Lipinski definition) is 2. The number of nitrogens with one attached hydrogen (secondary N) is 2. The standard InChI is InChI=1S/C23H32N4O2/c1-4-24-23(26-18(3)21-12-11-17(2)29-21)25-14-7-10-22(28)27-15-13-19-8-5-6-9-20(19)16-27/h5-6,8-9,11-12,18H,4,7,10,13-16H2,1-3H3,(H2,24,25,26). The van der Waals surface area contributed by atoms with E-state index in [2.05, 4.69) is 33.8 Å². The predicted molar refractivity (Wildman–Crippen MR) is 116 cm³/mol. The first kappa shape index (κ1) is 21.0. The Balaban J connectivity index is 1.46. The van der Waals surface area contributed by atoms with Crippen LogP contribution in [0.25, 0.3) is 0 Å². The number of rotatable bonds is 7. The quantitative estimate of drug-likeness (QED) is 0.426. The van der Waals surface area contributed by atoms with Gasteiger partial charge in [-0.3, -0.25) is 9.79 Å². The maximum Gasteiger partial charge on any atom is 0.222 e. The summed E-state index contributed by atoms with van der Waals surface area (Å²) in [5, 5.41) is 6.61. The van der Waals surface area contributed by atoms with Crippen molar-refractivity contribution in [1.29, 1.82) is 0 Å². The number of amides is 1. The van der Waals surface area contributed by atoms with Crippen LogP contribution in [0.1, 0.15) is 55.4 Å². The third-order valence-corrected chi connectivity index (χ3v) is 5.19. The molecule has 0 saturated heterocycles. The first-order valence-corrected chi connectivity index (χ1v) is 10.5. The molecular weight excluding hydrogens is 364 g/mol. The third-order valence-electron chi connectivity index (χ3n) is 5.19. The van der Waals surface area contributed by atoms with Crippen molar-refractivity contribution in [2.24, 2.45) is 4.99 Å². The van der Waals surface area contributed by atoms with Crippen molar-refractivity contribution in [3.8, 4) is 0 Å². The Morgan fingerprint density at radius 3 is 2.76 bits per heavy atom. The van der Waals surface area contributed by atoms with E-state index in [1.165, 1.54) is 11.1 Å². The molecule has 2 heterocycles. The molecule has 29 heavy (non-hydrogen) atoms. The predicted octanol–water partition coefficient (Wildman–Crippen LogP) is 3.57. The highest BCUT2D eigenvalue weighted by atomic mass is 16.3. The van der Waals surface area contributed by atoms with E-state index in [-0.39, 0.29) is 11.9 Å². The summed E-state index contributed by atoms with van der Waals surface area (Å²) in [7, 11) is 0. The lowest BCUT2D eigenvalue weighted by atomic mass is 9.99. The average Bonchev–Trinajstić information content (AvgIpc) is 3.17. The van der Waals surface area contributed by atoms with Crippen LogP contribution in [-0.2, 0) is 17.8 Å². The summed E-state index contributed by atoms with van der Waals surface area (Å²) in [5.74, 6) is 2.74. The van der Waals surface area contributed by atoms with Gasteiger partial charge in [0.25, 0.3) is 0 Å². The van der Waals surface area contributed by atoms with Gasteiger partial charge in [-0.25, -0.2) is 0 Å².